The maximum Gasteiger partial charge on any atom is 0.406 e. The van der Waals surface area contributed by atoms with E-state index in [4.69, 9.17) is 5.11 Å². The molecule has 1 unspecified atom stereocenters. The molecule has 0 radical (unpaired) electrons. The molecule has 0 saturated carbocycles. The largest absolute Gasteiger partial charge is 0.481 e. The second-order valence-corrected chi connectivity index (χ2v) is 4.87. The lowest BCUT2D eigenvalue weighted by molar-refractivity contribution is -0.227. The molecule has 0 aliphatic carbocycles. The molecule has 0 aromatic heterocycles. The Morgan fingerprint density at radius 3 is 2.43 bits per heavy atom. The Morgan fingerprint density at radius 2 is 1.95 bits per heavy atom. The van der Waals surface area contributed by atoms with Crippen LogP contribution < -0.4 is 0 Å². The molecule has 4 nitrogen and oxygen atoms in total. The summed E-state index contributed by atoms with van der Waals surface area (Å²) in [4.78, 5) is 23.8. The molecule has 1 atom stereocenters. The van der Waals surface area contributed by atoms with Gasteiger partial charge in [-0.3, -0.25) is 9.59 Å². The molecule has 8 heteroatoms. The first-order chi connectivity index (χ1) is 9.67. The molecule has 1 aliphatic rings. The number of aliphatic carboxylic acids is 1. The maximum absolute atomic E-state index is 13.0. The predicted octanol–water partition coefficient (Wildman–Crippen LogP) is 2.30. The lowest BCUT2D eigenvalue weighted by Gasteiger charge is -2.27. The van der Waals surface area contributed by atoms with Crippen molar-refractivity contribution in [1.29, 1.82) is 0 Å². The van der Waals surface area contributed by atoms with E-state index in [-0.39, 0.29) is 12.1 Å². The van der Waals surface area contributed by atoms with Crippen LogP contribution in [0.5, 0.6) is 0 Å². The van der Waals surface area contributed by atoms with Gasteiger partial charge in [-0.25, -0.2) is 4.39 Å². The van der Waals surface area contributed by atoms with Gasteiger partial charge < -0.3 is 10.0 Å². The molecule has 0 spiro atoms. The van der Waals surface area contributed by atoms with Gasteiger partial charge in [0.2, 0.25) is 0 Å². The number of rotatable bonds is 2. The van der Waals surface area contributed by atoms with Crippen molar-refractivity contribution in [2.45, 2.75) is 12.6 Å². The van der Waals surface area contributed by atoms with E-state index in [2.05, 4.69) is 0 Å². The second-order valence-electron chi connectivity index (χ2n) is 4.87. The van der Waals surface area contributed by atoms with Gasteiger partial charge in [-0.15, -0.1) is 0 Å². The van der Waals surface area contributed by atoms with E-state index in [1.807, 2.05) is 0 Å². The van der Waals surface area contributed by atoms with E-state index in [0.717, 1.165) is 17.0 Å². The van der Waals surface area contributed by atoms with Gasteiger partial charge in [0.25, 0.3) is 5.91 Å². The van der Waals surface area contributed by atoms with Gasteiger partial charge >= 0.3 is 12.1 Å². The van der Waals surface area contributed by atoms with Crippen LogP contribution in [0.1, 0.15) is 16.8 Å². The highest BCUT2D eigenvalue weighted by molar-refractivity contribution is 5.95. The molecular weight excluding hydrogens is 294 g/mol. The molecule has 1 saturated heterocycles. The van der Waals surface area contributed by atoms with Crippen molar-refractivity contribution in [3.63, 3.8) is 0 Å². The molecule has 1 aliphatic heterocycles. The number of carboxylic acids is 1. The van der Waals surface area contributed by atoms with Gasteiger partial charge in [-0.2, -0.15) is 13.2 Å². The molecule has 21 heavy (non-hydrogen) atoms. The molecule has 114 valence electrons. The van der Waals surface area contributed by atoms with Gasteiger partial charge in [0, 0.05) is 18.7 Å². The first-order valence-electron chi connectivity index (χ1n) is 6.02. The van der Waals surface area contributed by atoms with Crippen LogP contribution in [-0.2, 0) is 4.79 Å². The fraction of sp³-hybridized carbons (Fsp3) is 0.385. The molecule has 1 fully saturated rings. The van der Waals surface area contributed by atoms with Crippen molar-refractivity contribution in [3.05, 3.63) is 35.6 Å². The van der Waals surface area contributed by atoms with E-state index >= 15 is 0 Å². The normalized spacial score (nSPS) is 22.4. The highest BCUT2D eigenvalue weighted by Crippen LogP contribution is 2.45. The molecule has 2 rings (SSSR count). The third-order valence-corrected chi connectivity index (χ3v) is 3.58. The molecule has 0 bridgehead atoms. The van der Waals surface area contributed by atoms with Gasteiger partial charge in [-0.1, -0.05) is 6.07 Å². The maximum atomic E-state index is 13.0. The average Bonchev–Trinajstić information content (AvgIpc) is 2.83. The van der Waals surface area contributed by atoms with E-state index in [0.29, 0.717) is 0 Å². The summed E-state index contributed by atoms with van der Waals surface area (Å²) in [6.07, 6.45) is -5.68. The summed E-state index contributed by atoms with van der Waals surface area (Å²) in [5, 5.41) is 8.90. The number of hydrogen-bond donors (Lipinski definition) is 1. The van der Waals surface area contributed by atoms with Crippen LogP contribution in [0.2, 0.25) is 0 Å². The quantitative estimate of drug-likeness (QED) is 0.853. The Hall–Kier alpha value is -2.12. The highest BCUT2D eigenvalue weighted by atomic mass is 19.4. The van der Waals surface area contributed by atoms with Crippen LogP contribution in [0.25, 0.3) is 0 Å². The summed E-state index contributed by atoms with van der Waals surface area (Å²) in [6.45, 7) is -1.32. The third-order valence-electron chi connectivity index (χ3n) is 3.58. The van der Waals surface area contributed by atoms with Crippen LogP contribution in [0.4, 0.5) is 17.6 Å². The number of carbonyl (C=O) groups is 2. The van der Waals surface area contributed by atoms with E-state index in [1.54, 1.807) is 0 Å². The summed E-state index contributed by atoms with van der Waals surface area (Å²) in [6, 6.07) is 4.52. The van der Waals surface area contributed by atoms with Crippen LogP contribution in [-0.4, -0.2) is 41.1 Å². The summed E-state index contributed by atoms with van der Waals surface area (Å²) in [7, 11) is 0. The Labute approximate surface area is 117 Å². The number of hydrogen-bond acceptors (Lipinski definition) is 2. The molecule has 1 amide bonds. The van der Waals surface area contributed by atoms with Crippen molar-refractivity contribution < 1.29 is 32.3 Å². The molecule has 1 aromatic rings. The topological polar surface area (TPSA) is 57.6 Å². The van der Waals surface area contributed by atoms with Crippen LogP contribution in [0, 0.1) is 11.2 Å². The second kappa shape index (κ2) is 5.01. The third kappa shape index (κ3) is 2.57. The first kappa shape index (κ1) is 15.3. The van der Waals surface area contributed by atoms with Crippen molar-refractivity contribution in [1.82, 2.24) is 4.90 Å². The van der Waals surface area contributed by atoms with Gasteiger partial charge in [0.1, 0.15) is 5.82 Å². The Morgan fingerprint density at radius 1 is 1.29 bits per heavy atom. The van der Waals surface area contributed by atoms with E-state index in [1.165, 1.54) is 12.1 Å². The van der Waals surface area contributed by atoms with Gasteiger partial charge in [0.15, 0.2) is 5.41 Å². The van der Waals surface area contributed by atoms with Crippen molar-refractivity contribution in [2.75, 3.05) is 13.1 Å². The number of amides is 1. The number of benzene rings is 1. The Bertz CT molecular complexity index is 587. The van der Waals surface area contributed by atoms with Crippen LogP contribution >= 0.6 is 0 Å². The van der Waals surface area contributed by atoms with E-state index < -0.39 is 42.3 Å². The van der Waals surface area contributed by atoms with Crippen molar-refractivity contribution in [3.8, 4) is 0 Å². The van der Waals surface area contributed by atoms with E-state index in [9.17, 15) is 27.2 Å². The minimum Gasteiger partial charge on any atom is -0.481 e. The highest BCUT2D eigenvalue weighted by Gasteiger charge is 2.64. The minimum atomic E-state index is -4.96. The zero-order chi connectivity index (χ0) is 15.8. The number of nitrogens with zero attached hydrogens (tertiary/aromatic N) is 1. The zero-order valence-electron chi connectivity index (χ0n) is 10.7. The average molecular weight is 305 g/mol. The van der Waals surface area contributed by atoms with Crippen LogP contribution in [0.3, 0.4) is 0 Å². The van der Waals surface area contributed by atoms with Gasteiger partial charge in [0.05, 0.1) is 0 Å². The Balaban J connectivity index is 2.26. The standard InChI is InChI=1S/C13H11F4NO3/c14-9-3-1-2-8(6-9)10(19)18-5-4-12(7-18,11(20)21)13(15,16)17/h1-3,6H,4-5,7H2,(H,20,21). The monoisotopic (exact) mass is 305 g/mol. The minimum absolute atomic E-state index is 0.113. The summed E-state index contributed by atoms with van der Waals surface area (Å²) in [5.74, 6) is -3.52. The summed E-state index contributed by atoms with van der Waals surface area (Å²) >= 11 is 0. The number of alkyl halides is 3. The first-order valence-corrected chi connectivity index (χ1v) is 6.02. The van der Waals surface area contributed by atoms with Crippen LogP contribution in [0.15, 0.2) is 24.3 Å². The predicted molar refractivity (Wildman–Crippen MR) is 63.0 cm³/mol. The number of halogens is 4. The smallest absolute Gasteiger partial charge is 0.406 e. The molecule has 1 heterocycles. The zero-order valence-corrected chi connectivity index (χ0v) is 10.7. The molecule has 1 aromatic carbocycles. The summed E-state index contributed by atoms with van der Waals surface area (Å²) < 4.78 is 52.0. The SMILES string of the molecule is O=C(c1cccc(F)c1)N1CCC(C(=O)O)(C(F)(F)F)C1. The lowest BCUT2D eigenvalue weighted by Crippen LogP contribution is -2.47. The fourth-order valence-electron chi connectivity index (χ4n) is 2.31. The van der Waals surface area contributed by atoms with Crippen molar-refractivity contribution in [2.24, 2.45) is 5.41 Å². The number of likely N-dealkylation sites (tertiary alicyclic amines) is 1. The lowest BCUT2D eigenvalue weighted by atomic mass is 9.86. The summed E-state index contributed by atoms with van der Waals surface area (Å²) in [5.41, 5.74) is -3.07. The Kier molecular flexibility index (Phi) is 3.65. The van der Waals surface area contributed by atoms with Gasteiger partial charge in [-0.05, 0) is 24.6 Å². The van der Waals surface area contributed by atoms with Crippen molar-refractivity contribution >= 4 is 11.9 Å². The fourth-order valence-corrected chi connectivity index (χ4v) is 2.31. The molecule has 1 N–H and O–H groups in total. The molecular formula is C13H11F4NO3. The number of carboxylic acid groups (broad SMARTS) is 1. The number of carbonyl (C=O) groups excluding carboxylic acids is 1.